The zero-order valence-corrected chi connectivity index (χ0v) is 17.1. The van der Waals surface area contributed by atoms with Crippen LogP contribution in [0.2, 0.25) is 5.02 Å². The van der Waals surface area contributed by atoms with E-state index >= 15 is 0 Å². The molecule has 8 nitrogen and oxygen atoms in total. The zero-order valence-electron chi connectivity index (χ0n) is 14.8. The van der Waals surface area contributed by atoms with Gasteiger partial charge < -0.3 is 4.74 Å². The normalized spacial score (nSPS) is 16.4. The lowest BCUT2D eigenvalue weighted by molar-refractivity contribution is -0.116. The van der Waals surface area contributed by atoms with Crippen molar-refractivity contribution in [2.45, 2.75) is 17.9 Å². The third-order valence-corrected chi connectivity index (χ3v) is 7.64. The first-order valence-electron chi connectivity index (χ1n) is 8.12. The summed E-state index contributed by atoms with van der Waals surface area (Å²) in [6.07, 6.45) is -0.152. The van der Waals surface area contributed by atoms with Gasteiger partial charge in [-0.1, -0.05) is 29.8 Å². The molecule has 1 N–H and O–H groups in total. The Balaban J connectivity index is 1.98. The summed E-state index contributed by atoms with van der Waals surface area (Å²) in [6, 6.07) is 10.5. The summed E-state index contributed by atoms with van der Waals surface area (Å²) in [6.45, 7) is -0.0731. The first-order valence-corrected chi connectivity index (χ1v) is 11.6. The standard InChI is InChI=1S/C17H17ClN2O6S2/c1-26-15-7-6-13(20-17(21)8-9-27(20,22)23)10-16(15)28(24,25)19-11-12-4-2-3-5-14(12)18/h2-7,10,19H,8-9,11H2,1H3. The number of sulfonamides is 2. The number of anilines is 1. The Labute approximate surface area is 168 Å². The third kappa shape index (κ3) is 4.00. The van der Waals surface area contributed by atoms with Crippen LogP contribution in [0.4, 0.5) is 5.69 Å². The number of halogens is 1. The summed E-state index contributed by atoms with van der Waals surface area (Å²) < 4.78 is 58.0. The molecule has 11 heteroatoms. The Morgan fingerprint density at radius 1 is 1.21 bits per heavy atom. The average Bonchev–Trinajstić information content (AvgIpc) is 2.93. The van der Waals surface area contributed by atoms with E-state index in [-0.39, 0.29) is 35.1 Å². The number of benzene rings is 2. The van der Waals surface area contributed by atoms with Gasteiger partial charge in [0.25, 0.3) is 0 Å². The second kappa shape index (κ2) is 7.70. The van der Waals surface area contributed by atoms with Gasteiger partial charge >= 0.3 is 0 Å². The molecular weight excluding hydrogens is 428 g/mol. The van der Waals surface area contributed by atoms with Crippen molar-refractivity contribution in [3.63, 3.8) is 0 Å². The number of carbonyl (C=O) groups is 1. The molecule has 1 aliphatic heterocycles. The molecule has 1 fully saturated rings. The molecule has 0 atom stereocenters. The quantitative estimate of drug-likeness (QED) is 0.728. The van der Waals surface area contributed by atoms with Crippen LogP contribution in [0.25, 0.3) is 0 Å². The molecule has 150 valence electrons. The third-order valence-electron chi connectivity index (χ3n) is 4.16. The maximum atomic E-state index is 12.8. The summed E-state index contributed by atoms with van der Waals surface area (Å²) in [5.74, 6) is -0.915. The van der Waals surface area contributed by atoms with Gasteiger partial charge in [0.1, 0.15) is 10.6 Å². The molecule has 0 bridgehead atoms. The summed E-state index contributed by atoms with van der Waals surface area (Å²) >= 11 is 6.05. The maximum absolute atomic E-state index is 12.8. The Bertz CT molecular complexity index is 1130. The predicted octanol–water partition coefficient (Wildman–Crippen LogP) is 1.89. The van der Waals surface area contributed by atoms with Gasteiger partial charge in [0.2, 0.25) is 26.0 Å². The minimum atomic E-state index is -4.09. The van der Waals surface area contributed by atoms with E-state index in [0.29, 0.717) is 14.9 Å². The van der Waals surface area contributed by atoms with Crippen molar-refractivity contribution >= 4 is 43.2 Å². The number of nitrogens with zero attached hydrogens (tertiary/aromatic N) is 1. The molecule has 1 heterocycles. The van der Waals surface area contributed by atoms with Crippen LogP contribution >= 0.6 is 11.6 Å². The van der Waals surface area contributed by atoms with E-state index in [4.69, 9.17) is 16.3 Å². The summed E-state index contributed by atoms with van der Waals surface area (Å²) in [5.41, 5.74) is 0.515. The SMILES string of the molecule is COc1ccc(N2C(=O)CCS2(=O)=O)cc1S(=O)(=O)NCc1ccccc1Cl. The Morgan fingerprint density at radius 3 is 2.54 bits per heavy atom. The van der Waals surface area contributed by atoms with Crippen molar-refractivity contribution in [2.24, 2.45) is 0 Å². The molecule has 0 unspecified atom stereocenters. The van der Waals surface area contributed by atoms with Gasteiger partial charge in [0.05, 0.1) is 18.6 Å². The van der Waals surface area contributed by atoms with Crippen molar-refractivity contribution in [2.75, 3.05) is 17.2 Å². The van der Waals surface area contributed by atoms with E-state index in [1.54, 1.807) is 24.3 Å². The van der Waals surface area contributed by atoms with Crippen LogP contribution in [0.1, 0.15) is 12.0 Å². The van der Waals surface area contributed by atoms with Crippen molar-refractivity contribution < 1.29 is 26.4 Å². The van der Waals surface area contributed by atoms with Crippen LogP contribution in [0.15, 0.2) is 47.4 Å². The number of rotatable bonds is 6. The van der Waals surface area contributed by atoms with Gasteiger partial charge in [-0.15, -0.1) is 0 Å². The van der Waals surface area contributed by atoms with Crippen LogP contribution in [-0.2, 0) is 31.4 Å². The molecule has 0 spiro atoms. The summed E-state index contributed by atoms with van der Waals surface area (Å²) in [5, 5.41) is 0.402. The molecule has 28 heavy (non-hydrogen) atoms. The topological polar surface area (TPSA) is 110 Å². The number of amides is 1. The minimum Gasteiger partial charge on any atom is -0.495 e. The highest BCUT2D eigenvalue weighted by molar-refractivity contribution is 7.94. The number of nitrogens with one attached hydrogen (secondary N) is 1. The van der Waals surface area contributed by atoms with Gasteiger partial charge in [0, 0.05) is 18.0 Å². The van der Waals surface area contributed by atoms with Crippen molar-refractivity contribution in [3.8, 4) is 5.75 Å². The fourth-order valence-corrected chi connectivity index (χ4v) is 5.61. The largest absolute Gasteiger partial charge is 0.495 e. The number of hydrogen-bond donors (Lipinski definition) is 1. The van der Waals surface area contributed by atoms with Gasteiger partial charge in [-0.25, -0.2) is 25.9 Å². The van der Waals surface area contributed by atoms with Gasteiger partial charge in [0.15, 0.2) is 0 Å². The molecule has 0 saturated carbocycles. The van der Waals surface area contributed by atoms with Crippen molar-refractivity contribution in [1.29, 1.82) is 0 Å². The van der Waals surface area contributed by atoms with E-state index < -0.39 is 26.0 Å². The monoisotopic (exact) mass is 444 g/mol. The Morgan fingerprint density at radius 2 is 1.93 bits per heavy atom. The predicted molar refractivity (Wildman–Crippen MR) is 104 cm³/mol. The van der Waals surface area contributed by atoms with E-state index in [9.17, 15) is 21.6 Å². The molecule has 0 radical (unpaired) electrons. The highest BCUT2D eigenvalue weighted by Gasteiger charge is 2.37. The van der Waals surface area contributed by atoms with Gasteiger partial charge in [-0.3, -0.25) is 4.79 Å². The zero-order chi connectivity index (χ0) is 20.5. The van der Waals surface area contributed by atoms with Crippen LogP contribution in [0, 0.1) is 0 Å². The summed E-state index contributed by atoms with van der Waals surface area (Å²) in [4.78, 5) is 11.7. The van der Waals surface area contributed by atoms with E-state index in [1.165, 1.54) is 19.2 Å². The second-order valence-corrected chi connectivity index (χ2v) is 10.1. The highest BCUT2D eigenvalue weighted by atomic mass is 35.5. The number of ether oxygens (including phenoxy) is 1. The van der Waals surface area contributed by atoms with E-state index in [2.05, 4.69) is 4.72 Å². The molecule has 2 aromatic rings. The Hall–Kier alpha value is -2.14. The molecule has 1 saturated heterocycles. The van der Waals surface area contributed by atoms with Gasteiger partial charge in [-0.2, -0.15) is 0 Å². The first-order chi connectivity index (χ1) is 13.2. The molecular formula is C17H17ClN2O6S2. The molecule has 1 amide bonds. The minimum absolute atomic E-state index is 0.0134. The van der Waals surface area contributed by atoms with Crippen molar-refractivity contribution in [1.82, 2.24) is 4.72 Å². The fraction of sp³-hybridized carbons (Fsp3) is 0.235. The second-order valence-electron chi connectivity index (χ2n) is 5.98. The molecule has 0 aromatic heterocycles. The lowest BCUT2D eigenvalue weighted by Gasteiger charge is -2.18. The number of carbonyl (C=O) groups excluding carboxylic acids is 1. The van der Waals surface area contributed by atoms with Crippen LogP contribution in [0.3, 0.4) is 0 Å². The highest BCUT2D eigenvalue weighted by Crippen LogP contribution is 2.32. The molecule has 2 aromatic carbocycles. The molecule has 1 aliphatic rings. The molecule has 0 aliphatic carbocycles. The van der Waals surface area contributed by atoms with Crippen LogP contribution in [0.5, 0.6) is 5.75 Å². The van der Waals surface area contributed by atoms with E-state index in [1.807, 2.05) is 0 Å². The molecule has 3 rings (SSSR count). The lowest BCUT2D eigenvalue weighted by atomic mass is 10.2. The Kier molecular flexibility index (Phi) is 5.67. The number of methoxy groups -OCH3 is 1. The van der Waals surface area contributed by atoms with Gasteiger partial charge in [-0.05, 0) is 29.8 Å². The summed E-state index contributed by atoms with van der Waals surface area (Å²) in [7, 11) is -6.62. The lowest BCUT2D eigenvalue weighted by Crippen LogP contribution is -2.30. The fourth-order valence-electron chi connectivity index (χ4n) is 2.76. The van der Waals surface area contributed by atoms with Crippen molar-refractivity contribution in [3.05, 3.63) is 53.1 Å². The first kappa shape index (κ1) is 20.6. The average molecular weight is 445 g/mol. The van der Waals surface area contributed by atoms with Crippen LogP contribution < -0.4 is 13.8 Å². The maximum Gasteiger partial charge on any atom is 0.244 e. The van der Waals surface area contributed by atoms with E-state index in [0.717, 1.165) is 6.07 Å². The van der Waals surface area contributed by atoms with Crippen LogP contribution in [-0.4, -0.2) is 35.6 Å². The number of hydrogen-bond acceptors (Lipinski definition) is 6. The smallest absolute Gasteiger partial charge is 0.244 e.